The second-order valence-corrected chi connectivity index (χ2v) is 6.72. The number of ether oxygens (including phenoxy) is 1. The number of hydrogen-bond donors (Lipinski definition) is 1. The summed E-state index contributed by atoms with van der Waals surface area (Å²) in [5, 5.41) is 3.04. The van der Waals surface area contributed by atoms with Gasteiger partial charge in [-0.05, 0) is 46.9 Å². The van der Waals surface area contributed by atoms with Crippen molar-refractivity contribution in [3.63, 3.8) is 0 Å². The molecule has 0 fully saturated rings. The van der Waals surface area contributed by atoms with Crippen LogP contribution < -0.4 is 10.1 Å². The Hall–Kier alpha value is -1.37. The zero-order chi connectivity index (χ0) is 14.8. The van der Waals surface area contributed by atoms with Crippen LogP contribution in [0.3, 0.4) is 0 Å². The van der Waals surface area contributed by atoms with Crippen LogP contribution >= 0.6 is 22.6 Å². The fraction of sp³-hybridized carbons (Fsp3) is 0.333. The Morgan fingerprint density at radius 2 is 1.75 bits per heavy atom. The lowest BCUT2D eigenvalue weighted by Gasteiger charge is -2.18. The van der Waals surface area contributed by atoms with E-state index in [0.29, 0.717) is 5.88 Å². The number of nitrogens with zero attached hydrogens (tertiary/aromatic N) is 2. The molecular weight excluding hydrogens is 365 g/mol. The largest absolute Gasteiger partial charge is 0.439 e. The smallest absolute Gasteiger partial charge is 0.224 e. The topological polar surface area (TPSA) is 47.0 Å². The highest BCUT2D eigenvalue weighted by Gasteiger charge is 2.19. The summed E-state index contributed by atoms with van der Waals surface area (Å²) in [6.45, 7) is 6.24. The fourth-order valence-electron chi connectivity index (χ4n) is 1.56. The minimum absolute atomic E-state index is 0.128. The van der Waals surface area contributed by atoms with Crippen LogP contribution in [0.4, 0.5) is 5.82 Å². The van der Waals surface area contributed by atoms with Gasteiger partial charge in [0.25, 0.3) is 0 Å². The van der Waals surface area contributed by atoms with Gasteiger partial charge in [0.05, 0.1) is 0 Å². The summed E-state index contributed by atoms with van der Waals surface area (Å²) < 4.78 is 6.99. The standard InChI is InChI=1S/C15H18IN3O/c1-15(2,3)14-18-12(17-4)9-13(19-14)20-11-7-5-10(16)6-8-11/h5-9H,1-4H3,(H,17,18,19). The summed E-state index contributed by atoms with van der Waals surface area (Å²) in [5.41, 5.74) is -0.128. The first-order chi connectivity index (χ1) is 9.38. The third-order valence-corrected chi connectivity index (χ3v) is 3.38. The molecule has 0 spiro atoms. The van der Waals surface area contributed by atoms with Crippen LogP contribution in [0.5, 0.6) is 11.6 Å². The first-order valence-corrected chi connectivity index (χ1v) is 7.47. The van der Waals surface area contributed by atoms with E-state index in [1.165, 1.54) is 3.57 Å². The Bertz CT molecular complexity index is 591. The van der Waals surface area contributed by atoms with Crippen molar-refractivity contribution in [1.82, 2.24) is 9.97 Å². The molecule has 1 heterocycles. The summed E-state index contributed by atoms with van der Waals surface area (Å²) in [4.78, 5) is 8.97. The summed E-state index contributed by atoms with van der Waals surface area (Å²) >= 11 is 2.26. The van der Waals surface area contributed by atoms with E-state index in [1.807, 2.05) is 31.3 Å². The average molecular weight is 383 g/mol. The molecule has 0 aliphatic heterocycles. The van der Waals surface area contributed by atoms with Gasteiger partial charge in [-0.2, -0.15) is 4.98 Å². The number of benzene rings is 1. The molecule has 0 aliphatic carbocycles. The van der Waals surface area contributed by atoms with E-state index in [9.17, 15) is 0 Å². The monoisotopic (exact) mass is 383 g/mol. The van der Waals surface area contributed by atoms with E-state index < -0.39 is 0 Å². The Morgan fingerprint density at radius 1 is 1.10 bits per heavy atom. The van der Waals surface area contributed by atoms with E-state index in [0.717, 1.165) is 17.4 Å². The Labute approximate surface area is 133 Å². The summed E-state index contributed by atoms with van der Waals surface area (Å²) in [7, 11) is 1.84. The van der Waals surface area contributed by atoms with Crippen molar-refractivity contribution in [1.29, 1.82) is 0 Å². The molecule has 0 bridgehead atoms. The highest BCUT2D eigenvalue weighted by molar-refractivity contribution is 14.1. The molecule has 2 rings (SSSR count). The Balaban J connectivity index is 2.33. The van der Waals surface area contributed by atoms with E-state index in [1.54, 1.807) is 6.07 Å². The second kappa shape index (κ2) is 5.95. The maximum atomic E-state index is 5.82. The van der Waals surface area contributed by atoms with E-state index in [4.69, 9.17) is 4.74 Å². The normalized spacial score (nSPS) is 11.2. The van der Waals surface area contributed by atoms with Gasteiger partial charge in [-0.25, -0.2) is 4.98 Å². The van der Waals surface area contributed by atoms with Gasteiger partial charge < -0.3 is 10.1 Å². The fourth-order valence-corrected chi connectivity index (χ4v) is 1.92. The van der Waals surface area contributed by atoms with Crippen LogP contribution in [0, 0.1) is 3.57 Å². The molecule has 0 atom stereocenters. The molecule has 2 aromatic rings. The highest BCUT2D eigenvalue weighted by atomic mass is 127. The molecule has 106 valence electrons. The van der Waals surface area contributed by atoms with Crippen molar-refractivity contribution in [2.24, 2.45) is 0 Å². The molecule has 5 heteroatoms. The lowest BCUT2D eigenvalue weighted by atomic mass is 9.96. The van der Waals surface area contributed by atoms with Gasteiger partial charge in [0.2, 0.25) is 5.88 Å². The minimum Gasteiger partial charge on any atom is -0.439 e. The predicted octanol–water partition coefficient (Wildman–Crippen LogP) is 4.21. The van der Waals surface area contributed by atoms with E-state index >= 15 is 0 Å². The van der Waals surface area contributed by atoms with Crippen molar-refractivity contribution in [3.8, 4) is 11.6 Å². The molecule has 0 saturated heterocycles. The molecule has 0 aliphatic rings. The zero-order valence-electron chi connectivity index (χ0n) is 12.1. The molecule has 0 saturated carbocycles. The third kappa shape index (κ3) is 3.82. The van der Waals surface area contributed by atoms with Crippen molar-refractivity contribution < 1.29 is 4.74 Å². The van der Waals surface area contributed by atoms with Crippen LogP contribution in [-0.2, 0) is 5.41 Å². The molecule has 0 radical (unpaired) electrons. The van der Waals surface area contributed by atoms with Gasteiger partial charge in [0.1, 0.15) is 17.4 Å². The molecule has 1 N–H and O–H groups in total. The van der Waals surface area contributed by atoms with Gasteiger partial charge in [0, 0.05) is 22.1 Å². The molecule has 0 amide bonds. The van der Waals surface area contributed by atoms with Crippen molar-refractivity contribution in [2.45, 2.75) is 26.2 Å². The average Bonchev–Trinajstić information content (AvgIpc) is 2.40. The van der Waals surface area contributed by atoms with Crippen LogP contribution in [0.1, 0.15) is 26.6 Å². The summed E-state index contributed by atoms with van der Waals surface area (Å²) in [5.74, 6) is 2.83. The zero-order valence-corrected chi connectivity index (χ0v) is 14.2. The summed E-state index contributed by atoms with van der Waals surface area (Å²) in [6, 6.07) is 9.66. The summed E-state index contributed by atoms with van der Waals surface area (Å²) in [6.07, 6.45) is 0. The van der Waals surface area contributed by atoms with Crippen LogP contribution in [0.15, 0.2) is 30.3 Å². The number of aromatic nitrogens is 2. The SMILES string of the molecule is CNc1cc(Oc2ccc(I)cc2)nc(C(C)(C)C)n1. The maximum absolute atomic E-state index is 5.82. The first-order valence-electron chi connectivity index (χ1n) is 6.39. The Kier molecular flexibility index (Phi) is 4.47. The maximum Gasteiger partial charge on any atom is 0.224 e. The van der Waals surface area contributed by atoms with Crippen LogP contribution in [0.2, 0.25) is 0 Å². The van der Waals surface area contributed by atoms with E-state index in [2.05, 4.69) is 58.6 Å². The number of nitrogens with one attached hydrogen (secondary N) is 1. The molecular formula is C15H18IN3O. The van der Waals surface area contributed by atoms with Gasteiger partial charge >= 0.3 is 0 Å². The Morgan fingerprint density at radius 3 is 2.30 bits per heavy atom. The number of anilines is 1. The second-order valence-electron chi connectivity index (χ2n) is 5.47. The first kappa shape index (κ1) is 15.0. The molecule has 0 unspecified atom stereocenters. The van der Waals surface area contributed by atoms with Crippen molar-refractivity contribution >= 4 is 28.4 Å². The minimum atomic E-state index is -0.128. The van der Waals surface area contributed by atoms with Gasteiger partial charge in [0.15, 0.2) is 0 Å². The van der Waals surface area contributed by atoms with Crippen molar-refractivity contribution in [2.75, 3.05) is 12.4 Å². The van der Waals surface area contributed by atoms with Gasteiger partial charge in [-0.3, -0.25) is 0 Å². The number of rotatable bonds is 3. The molecule has 4 nitrogen and oxygen atoms in total. The quantitative estimate of drug-likeness (QED) is 0.807. The van der Waals surface area contributed by atoms with Crippen LogP contribution in [-0.4, -0.2) is 17.0 Å². The van der Waals surface area contributed by atoms with E-state index in [-0.39, 0.29) is 5.41 Å². The lowest BCUT2D eigenvalue weighted by Crippen LogP contribution is -2.17. The molecule has 20 heavy (non-hydrogen) atoms. The third-order valence-electron chi connectivity index (χ3n) is 2.67. The van der Waals surface area contributed by atoms with Crippen LogP contribution in [0.25, 0.3) is 0 Å². The van der Waals surface area contributed by atoms with Gasteiger partial charge in [-0.15, -0.1) is 0 Å². The molecule has 1 aromatic heterocycles. The lowest BCUT2D eigenvalue weighted by molar-refractivity contribution is 0.446. The number of halogens is 1. The van der Waals surface area contributed by atoms with Crippen molar-refractivity contribution in [3.05, 3.63) is 39.7 Å². The van der Waals surface area contributed by atoms with Gasteiger partial charge in [-0.1, -0.05) is 20.8 Å². The predicted molar refractivity (Wildman–Crippen MR) is 89.5 cm³/mol. The number of hydrogen-bond acceptors (Lipinski definition) is 4. The molecule has 1 aromatic carbocycles. The highest BCUT2D eigenvalue weighted by Crippen LogP contribution is 2.26.